The highest BCUT2D eigenvalue weighted by molar-refractivity contribution is 6.29. The predicted octanol–water partition coefficient (Wildman–Crippen LogP) is 1.66. The normalized spacial score (nSPS) is 13.9. The maximum atomic E-state index is 12.3. The second-order valence-corrected chi connectivity index (χ2v) is 5.12. The van der Waals surface area contributed by atoms with Gasteiger partial charge in [0.25, 0.3) is 5.91 Å². The van der Waals surface area contributed by atoms with Gasteiger partial charge in [0, 0.05) is 12.1 Å². The average molecular weight is 292 g/mol. The number of hydrogen-bond acceptors (Lipinski definition) is 4. The summed E-state index contributed by atoms with van der Waals surface area (Å²) in [6.07, 6.45) is 2.35. The molecule has 0 spiro atoms. The zero-order chi connectivity index (χ0) is 14.1. The molecule has 0 atom stereocenters. The van der Waals surface area contributed by atoms with E-state index in [1.165, 1.54) is 0 Å². The Morgan fingerprint density at radius 1 is 1.50 bits per heavy atom. The molecule has 3 rings (SSSR count). The first-order valence-corrected chi connectivity index (χ1v) is 6.73. The summed E-state index contributed by atoms with van der Waals surface area (Å²) in [5, 5.41) is 13.5. The SMILES string of the molecule is Cc1cc(Cl)ncc1NC(=O)c1n[nH]c2c1CCNC2. The lowest BCUT2D eigenvalue weighted by molar-refractivity contribution is 0.102. The Hall–Kier alpha value is -1.92. The zero-order valence-electron chi connectivity index (χ0n) is 11.0. The van der Waals surface area contributed by atoms with Crippen LogP contribution in [0.4, 0.5) is 5.69 Å². The highest BCUT2D eigenvalue weighted by Crippen LogP contribution is 2.20. The Balaban J connectivity index is 1.84. The minimum absolute atomic E-state index is 0.225. The molecule has 1 amide bonds. The van der Waals surface area contributed by atoms with Gasteiger partial charge in [-0.25, -0.2) is 4.98 Å². The molecule has 0 aromatic carbocycles. The number of fused-ring (bicyclic) bond motifs is 1. The monoisotopic (exact) mass is 291 g/mol. The lowest BCUT2D eigenvalue weighted by Crippen LogP contribution is -2.25. The van der Waals surface area contributed by atoms with E-state index in [-0.39, 0.29) is 5.91 Å². The molecule has 2 aromatic heterocycles. The van der Waals surface area contributed by atoms with E-state index in [0.29, 0.717) is 16.5 Å². The van der Waals surface area contributed by atoms with Crippen molar-refractivity contribution in [1.29, 1.82) is 0 Å². The standard InChI is InChI=1S/C13H14ClN5O/c1-7-4-11(14)16-6-9(7)17-13(20)12-8-2-3-15-5-10(8)18-19-12/h4,6,15H,2-3,5H2,1H3,(H,17,20)(H,18,19). The fourth-order valence-electron chi connectivity index (χ4n) is 2.27. The van der Waals surface area contributed by atoms with Crippen molar-refractivity contribution >= 4 is 23.2 Å². The lowest BCUT2D eigenvalue weighted by atomic mass is 10.1. The van der Waals surface area contributed by atoms with Gasteiger partial charge in [-0.2, -0.15) is 5.10 Å². The number of nitrogens with one attached hydrogen (secondary N) is 3. The van der Waals surface area contributed by atoms with Crippen LogP contribution in [0, 0.1) is 6.92 Å². The molecule has 0 aliphatic carbocycles. The van der Waals surface area contributed by atoms with Gasteiger partial charge < -0.3 is 10.6 Å². The largest absolute Gasteiger partial charge is 0.319 e. The molecule has 0 bridgehead atoms. The van der Waals surface area contributed by atoms with E-state index in [1.807, 2.05) is 6.92 Å². The van der Waals surface area contributed by atoms with E-state index in [1.54, 1.807) is 12.3 Å². The number of aromatic amines is 1. The number of pyridine rings is 1. The first-order chi connectivity index (χ1) is 9.65. The minimum atomic E-state index is -0.225. The van der Waals surface area contributed by atoms with Crippen LogP contribution in [-0.2, 0) is 13.0 Å². The maximum absolute atomic E-state index is 12.3. The van der Waals surface area contributed by atoms with E-state index in [9.17, 15) is 4.79 Å². The van der Waals surface area contributed by atoms with Crippen molar-refractivity contribution in [3.05, 3.63) is 39.9 Å². The van der Waals surface area contributed by atoms with E-state index < -0.39 is 0 Å². The molecule has 0 fully saturated rings. The maximum Gasteiger partial charge on any atom is 0.276 e. The Labute approximate surface area is 120 Å². The summed E-state index contributed by atoms with van der Waals surface area (Å²) in [6.45, 7) is 3.44. The highest BCUT2D eigenvalue weighted by Gasteiger charge is 2.21. The summed E-state index contributed by atoms with van der Waals surface area (Å²) in [4.78, 5) is 16.3. The van der Waals surface area contributed by atoms with Crippen molar-refractivity contribution < 1.29 is 4.79 Å². The second-order valence-electron chi connectivity index (χ2n) is 4.73. The number of aromatic nitrogens is 3. The van der Waals surface area contributed by atoms with Gasteiger partial charge in [0.15, 0.2) is 5.69 Å². The number of hydrogen-bond donors (Lipinski definition) is 3. The number of H-pyrrole nitrogens is 1. The molecular formula is C13H14ClN5O. The Kier molecular flexibility index (Phi) is 3.42. The highest BCUT2D eigenvalue weighted by atomic mass is 35.5. The van der Waals surface area contributed by atoms with Crippen LogP contribution in [0.5, 0.6) is 0 Å². The van der Waals surface area contributed by atoms with E-state index in [4.69, 9.17) is 11.6 Å². The predicted molar refractivity (Wildman–Crippen MR) is 75.9 cm³/mol. The number of halogens is 1. The molecule has 20 heavy (non-hydrogen) atoms. The molecule has 104 valence electrons. The molecule has 0 unspecified atom stereocenters. The fraction of sp³-hybridized carbons (Fsp3) is 0.308. The van der Waals surface area contributed by atoms with Crippen LogP contribution in [0.1, 0.15) is 27.3 Å². The molecule has 3 heterocycles. The van der Waals surface area contributed by atoms with E-state index in [2.05, 4.69) is 25.8 Å². The van der Waals surface area contributed by atoms with Crippen LogP contribution in [0.3, 0.4) is 0 Å². The molecule has 0 saturated heterocycles. The average Bonchev–Trinajstić information content (AvgIpc) is 2.86. The summed E-state index contributed by atoms with van der Waals surface area (Å²) < 4.78 is 0. The first-order valence-electron chi connectivity index (χ1n) is 6.35. The van der Waals surface area contributed by atoms with Crippen molar-refractivity contribution in [2.24, 2.45) is 0 Å². The van der Waals surface area contributed by atoms with Crippen LogP contribution < -0.4 is 10.6 Å². The minimum Gasteiger partial charge on any atom is -0.319 e. The van der Waals surface area contributed by atoms with Crippen LogP contribution in [0.15, 0.2) is 12.3 Å². The molecule has 0 radical (unpaired) electrons. The number of nitrogens with zero attached hydrogens (tertiary/aromatic N) is 2. The molecule has 1 aliphatic heterocycles. The van der Waals surface area contributed by atoms with Crippen molar-refractivity contribution in [1.82, 2.24) is 20.5 Å². The van der Waals surface area contributed by atoms with Gasteiger partial charge >= 0.3 is 0 Å². The smallest absolute Gasteiger partial charge is 0.276 e. The topological polar surface area (TPSA) is 82.7 Å². The van der Waals surface area contributed by atoms with Crippen LogP contribution >= 0.6 is 11.6 Å². The van der Waals surface area contributed by atoms with E-state index >= 15 is 0 Å². The number of carbonyl (C=O) groups excluding carboxylic acids is 1. The van der Waals surface area contributed by atoms with Crippen molar-refractivity contribution in [3.63, 3.8) is 0 Å². The molecule has 1 aliphatic rings. The van der Waals surface area contributed by atoms with E-state index in [0.717, 1.165) is 36.3 Å². The Morgan fingerprint density at radius 3 is 3.15 bits per heavy atom. The number of amides is 1. The van der Waals surface area contributed by atoms with Gasteiger partial charge in [0.2, 0.25) is 0 Å². The first kappa shape index (κ1) is 13.1. The lowest BCUT2D eigenvalue weighted by Gasteiger charge is -2.13. The molecule has 2 aromatic rings. The summed E-state index contributed by atoms with van der Waals surface area (Å²) in [5.74, 6) is -0.225. The van der Waals surface area contributed by atoms with Crippen LogP contribution in [-0.4, -0.2) is 27.6 Å². The second kappa shape index (κ2) is 5.22. The van der Waals surface area contributed by atoms with Crippen LogP contribution in [0.25, 0.3) is 0 Å². The fourth-order valence-corrected chi connectivity index (χ4v) is 2.48. The van der Waals surface area contributed by atoms with Gasteiger partial charge in [0.05, 0.1) is 17.6 Å². The number of aryl methyl sites for hydroxylation is 1. The van der Waals surface area contributed by atoms with Crippen LogP contribution in [0.2, 0.25) is 5.15 Å². The van der Waals surface area contributed by atoms with Gasteiger partial charge in [-0.1, -0.05) is 11.6 Å². The Morgan fingerprint density at radius 2 is 2.35 bits per heavy atom. The third kappa shape index (κ3) is 2.39. The van der Waals surface area contributed by atoms with Gasteiger partial charge in [0.1, 0.15) is 5.15 Å². The van der Waals surface area contributed by atoms with Gasteiger partial charge in [-0.3, -0.25) is 9.89 Å². The quantitative estimate of drug-likeness (QED) is 0.735. The molecule has 3 N–H and O–H groups in total. The summed E-state index contributed by atoms with van der Waals surface area (Å²) in [6, 6.07) is 1.71. The molecule has 7 heteroatoms. The third-order valence-electron chi connectivity index (χ3n) is 3.35. The van der Waals surface area contributed by atoms with Gasteiger partial charge in [-0.05, 0) is 31.5 Å². The zero-order valence-corrected chi connectivity index (χ0v) is 11.7. The van der Waals surface area contributed by atoms with Crippen molar-refractivity contribution in [3.8, 4) is 0 Å². The number of rotatable bonds is 2. The van der Waals surface area contributed by atoms with Crippen molar-refractivity contribution in [2.45, 2.75) is 19.9 Å². The Bertz CT molecular complexity index is 667. The molecule has 6 nitrogen and oxygen atoms in total. The molecule has 0 saturated carbocycles. The third-order valence-corrected chi connectivity index (χ3v) is 3.55. The number of anilines is 1. The summed E-state index contributed by atoms with van der Waals surface area (Å²) in [7, 11) is 0. The number of carbonyl (C=O) groups is 1. The summed E-state index contributed by atoms with van der Waals surface area (Å²) in [5.41, 5.74) is 3.93. The van der Waals surface area contributed by atoms with Crippen molar-refractivity contribution in [2.75, 3.05) is 11.9 Å². The van der Waals surface area contributed by atoms with Gasteiger partial charge in [-0.15, -0.1) is 0 Å². The molecular weight excluding hydrogens is 278 g/mol. The summed E-state index contributed by atoms with van der Waals surface area (Å²) >= 11 is 5.80.